The van der Waals surface area contributed by atoms with Gasteiger partial charge in [0.15, 0.2) is 15.7 Å². The fraction of sp³-hybridized carbons (Fsp3) is 0.480. The van der Waals surface area contributed by atoms with Crippen molar-refractivity contribution in [3.05, 3.63) is 35.9 Å². The van der Waals surface area contributed by atoms with Crippen LogP contribution < -0.4 is 19.9 Å². The highest BCUT2D eigenvalue weighted by Gasteiger charge is 2.60. The molecule has 3 aliphatic heterocycles. The number of fused-ring (bicyclic) bond motifs is 1. The molecule has 10 nitrogen and oxygen atoms in total. The third-order valence-electron chi connectivity index (χ3n) is 7.56. The Kier molecular flexibility index (Phi) is 5.66. The first kappa shape index (κ1) is 24.4. The van der Waals surface area contributed by atoms with E-state index in [2.05, 4.69) is 5.32 Å². The van der Waals surface area contributed by atoms with Gasteiger partial charge in [-0.25, -0.2) is 13.4 Å². The predicted molar refractivity (Wildman–Crippen MR) is 138 cm³/mol. The second kappa shape index (κ2) is 8.36. The highest BCUT2D eigenvalue weighted by molar-refractivity contribution is 7.94. The minimum atomic E-state index is -3.07. The molecule has 5 rings (SSSR count). The Morgan fingerprint density at radius 2 is 1.94 bits per heavy atom. The summed E-state index contributed by atoms with van der Waals surface area (Å²) in [7, 11) is 0.204. The summed E-state index contributed by atoms with van der Waals surface area (Å²) < 4.78 is 28.9. The summed E-state index contributed by atoms with van der Waals surface area (Å²) in [5.74, 6) is 1.77. The van der Waals surface area contributed by atoms with Gasteiger partial charge in [0.1, 0.15) is 22.4 Å². The monoisotopic (exact) mass is 513 g/mol. The first-order valence-electron chi connectivity index (χ1n) is 12.0. The molecule has 0 radical (unpaired) electrons. The van der Waals surface area contributed by atoms with Crippen LogP contribution in [0.5, 0.6) is 5.75 Å². The summed E-state index contributed by atoms with van der Waals surface area (Å²) >= 11 is 0. The van der Waals surface area contributed by atoms with Gasteiger partial charge >= 0.3 is 0 Å². The van der Waals surface area contributed by atoms with Crippen LogP contribution in [0.1, 0.15) is 37.6 Å². The number of aromatic nitrogens is 1. The van der Waals surface area contributed by atoms with Crippen molar-refractivity contribution in [2.24, 2.45) is 0 Å². The average molecular weight is 514 g/mol. The van der Waals surface area contributed by atoms with Gasteiger partial charge in [-0.2, -0.15) is 0 Å². The number of carbonyl (C=O) groups excluding carboxylic acids is 2. The molecule has 11 heteroatoms. The number of hydrogen-bond donors (Lipinski definition) is 1. The lowest BCUT2D eigenvalue weighted by molar-refractivity contribution is -0.119. The molecule has 3 aliphatic rings. The standard InChI is InChI=1S/C25H31N5O5S/c1-15(2)30-16(3)23(31)28(4)19-8-9-21(27-22(19)30)26-18-7-6-17(12-20(18)35-5)24(32)29-13-25(14-29)10-11-36(25,33)34/h6-9,12,15-16H,10-11,13-14H2,1-5H3,(H,26,27)/t16-/m1/s1. The van der Waals surface area contributed by atoms with Gasteiger partial charge in [0.05, 0.1) is 24.2 Å². The molecule has 0 saturated carbocycles. The minimum Gasteiger partial charge on any atom is -0.495 e. The van der Waals surface area contributed by atoms with Crippen LogP contribution in [0.15, 0.2) is 30.3 Å². The van der Waals surface area contributed by atoms with E-state index in [1.165, 1.54) is 7.11 Å². The molecule has 1 spiro atoms. The molecule has 2 amide bonds. The van der Waals surface area contributed by atoms with Gasteiger partial charge in [-0.05, 0) is 57.5 Å². The Morgan fingerprint density at radius 3 is 2.53 bits per heavy atom. The molecule has 192 valence electrons. The number of nitrogens with one attached hydrogen (secondary N) is 1. The number of anilines is 4. The van der Waals surface area contributed by atoms with Gasteiger partial charge in [0.2, 0.25) is 5.91 Å². The maximum absolute atomic E-state index is 13.0. The number of carbonyl (C=O) groups is 2. The van der Waals surface area contributed by atoms with E-state index in [0.29, 0.717) is 35.1 Å². The summed E-state index contributed by atoms with van der Waals surface area (Å²) in [5, 5.41) is 3.27. The third-order valence-corrected chi connectivity index (χ3v) is 10.1. The number of ether oxygens (including phenoxy) is 1. The fourth-order valence-electron chi connectivity index (χ4n) is 5.31. The van der Waals surface area contributed by atoms with Crippen LogP contribution in [-0.2, 0) is 14.6 Å². The molecule has 36 heavy (non-hydrogen) atoms. The molecule has 0 aliphatic carbocycles. The number of amides is 2. The average Bonchev–Trinajstić information content (AvgIpc) is 2.81. The molecule has 2 aromatic rings. The minimum absolute atomic E-state index is 0.0173. The van der Waals surface area contributed by atoms with Gasteiger partial charge < -0.3 is 24.8 Å². The van der Waals surface area contributed by atoms with Crippen molar-refractivity contribution in [3.63, 3.8) is 0 Å². The van der Waals surface area contributed by atoms with Crippen LogP contribution in [0.4, 0.5) is 23.0 Å². The molecule has 1 atom stereocenters. The summed E-state index contributed by atoms with van der Waals surface area (Å²) in [6.45, 7) is 6.43. The Morgan fingerprint density at radius 1 is 1.22 bits per heavy atom. The van der Waals surface area contributed by atoms with Gasteiger partial charge in [-0.1, -0.05) is 0 Å². The summed E-state index contributed by atoms with van der Waals surface area (Å²) in [5.41, 5.74) is 1.81. The zero-order valence-electron chi connectivity index (χ0n) is 21.1. The van der Waals surface area contributed by atoms with Crippen molar-refractivity contribution in [3.8, 4) is 5.75 Å². The Labute approximate surface area is 211 Å². The number of methoxy groups -OCH3 is 1. The summed E-state index contributed by atoms with van der Waals surface area (Å²) in [4.78, 5) is 35.6. The molecule has 2 fully saturated rings. The normalized spacial score (nSPS) is 21.7. The molecule has 1 aromatic heterocycles. The quantitative estimate of drug-likeness (QED) is 0.649. The van der Waals surface area contributed by atoms with E-state index < -0.39 is 14.6 Å². The van der Waals surface area contributed by atoms with Crippen molar-refractivity contribution in [1.29, 1.82) is 0 Å². The number of pyridine rings is 1. The molecule has 0 unspecified atom stereocenters. The SMILES string of the molecule is COc1cc(C(=O)N2CC3(CCS3(=O)=O)C2)ccc1Nc1ccc2c(n1)N(C(C)C)[C@H](C)C(=O)N2C. The van der Waals surface area contributed by atoms with E-state index in [4.69, 9.17) is 9.72 Å². The van der Waals surface area contributed by atoms with E-state index in [0.717, 1.165) is 5.69 Å². The van der Waals surface area contributed by atoms with E-state index in [1.54, 1.807) is 41.1 Å². The van der Waals surface area contributed by atoms with Crippen LogP contribution in [0.25, 0.3) is 0 Å². The molecule has 0 bridgehead atoms. The Hall–Kier alpha value is -3.34. The fourth-order valence-corrected chi connectivity index (χ4v) is 7.13. The predicted octanol–water partition coefficient (Wildman–Crippen LogP) is 2.43. The van der Waals surface area contributed by atoms with E-state index in [1.807, 2.05) is 31.7 Å². The lowest BCUT2D eigenvalue weighted by Gasteiger charge is -2.54. The third kappa shape index (κ3) is 3.59. The Bertz CT molecular complexity index is 1350. The molecular weight excluding hydrogens is 482 g/mol. The molecule has 1 aromatic carbocycles. The molecular formula is C25H31N5O5S. The lowest BCUT2D eigenvalue weighted by atomic mass is 9.93. The number of nitrogens with zero attached hydrogens (tertiary/aromatic N) is 4. The summed E-state index contributed by atoms with van der Waals surface area (Å²) in [6.07, 6.45) is 0.621. The van der Waals surface area contributed by atoms with E-state index in [9.17, 15) is 18.0 Å². The first-order valence-corrected chi connectivity index (χ1v) is 13.7. The van der Waals surface area contributed by atoms with Crippen LogP contribution in [-0.4, -0.2) is 79.9 Å². The number of benzene rings is 1. The van der Waals surface area contributed by atoms with E-state index in [-0.39, 0.29) is 42.7 Å². The van der Waals surface area contributed by atoms with Gasteiger partial charge in [0.25, 0.3) is 5.91 Å². The van der Waals surface area contributed by atoms with Crippen LogP contribution in [0.3, 0.4) is 0 Å². The largest absolute Gasteiger partial charge is 0.495 e. The zero-order chi connectivity index (χ0) is 26.0. The maximum Gasteiger partial charge on any atom is 0.254 e. The topological polar surface area (TPSA) is 112 Å². The number of hydrogen-bond acceptors (Lipinski definition) is 8. The van der Waals surface area contributed by atoms with Gasteiger partial charge in [-0.3, -0.25) is 9.59 Å². The second-order valence-electron chi connectivity index (χ2n) is 10.1. The van der Waals surface area contributed by atoms with Crippen molar-refractivity contribution < 1.29 is 22.7 Å². The summed E-state index contributed by atoms with van der Waals surface area (Å²) in [6, 6.07) is 8.51. The zero-order valence-corrected chi connectivity index (χ0v) is 21.9. The highest BCUT2D eigenvalue weighted by Crippen LogP contribution is 2.43. The first-order chi connectivity index (χ1) is 17.0. The van der Waals surface area contributed by atoms with Gasteiger partial charge in [-0.15, -0.1) is 0 Å². The van der Waals surface area contributed by atoms with Crippen molar-refractivity contribution >= 4 is 44.7 Å². The number of likely N-dealkylation sites (N-methyl/N-ethyl adjacent to an activating group) is 1. The smallest absolute Gasteiger partial charge is 0.254 e. The maximum atomic E-state index is 13.0. The number of rotatable bonds is 5. The molecule has 4 heterocycles. The molecule has 1 N–H and O–H groups in total. The lowest BCUT2D eigenvalue weighted by Crippen LogP contribution is -2.72. The highest BCUT2D eigenvalue weighted by atomic mass is 32.2. The van der Waals surface area contributed by atoms with Crippen LogP contribution in [0, 0.1) is 0 Å². The van der Waals surface area contributed by atoms with Crippen molar-refractivity contribution in [1.82, 2.24) is 9.88 Å². The van der Waals surface area contributed by atoms with Crippen LogP contribution >= 0.6 is 0 Å². The second-order valence-corrected chi connectivity index (χ2v) is 12.6. The van der Waals surface area contributed by atoms with Crippen molar-refractivity contribution in [2.45, 2.75) is 44.0 Å². The van der Waals surface area contributed by atoms with E-state index >= 15 is 0 Å². The Balaban J connectivity index is 1.37. The molecule has 2 saturated heterocycles. The van der Waals surface area contributed by atoms with Gasteiger partial charge in [0, 0.05) is 31.7 Å². The van der Waals surface area contributed by atoms with Crippen molar-refractivity contribution in [2.75, 3.05) is 48.1 Å². The van der Waals surface area contributed by atoms with Crippen LogP contribution in [0.2, 0.25) is 0 Å². The number of sulfone groups is 1. The number of likely N-dealkylation sites (tertiary alicyclic amines) is 1.